The SMILES string of the molecule is CCNc1ncc(Cl)c(NCCC(F)(F)F)n1. The van der Waals surface area contributed by atoms with E-state index in [1.165, 1.54) is 6.20 Å². The molecule has 0 radical (unpaired) electrons. The first-order valence-electron chi connectivity index (χ1n) is 4.99. The molecule has 0 aliphatic carbocycles. The van der Waals surface area contributed by atoms with E-state index in [0.29, 0.717) is 12.5 Å². The summed E-state index contributed by atoms with van der Waals surface area (Å²) in [5.41, 5.74) is 0. The van der Waals surface area contributed by atoms with Gasteiger partial charge >= 0.3 is 6.18 Å². The number of nitrogens with one attached hydrogen (secondary N) is 2. The lowest BCUT2D eigenvalue weighted by Gasteiger charge is -2.10. The smallest absolute Gasteiger partial charge is 0.368 e. The third-order valence-corrected chi connectivity index (χ3v) is 2.06. The quantitative estimate of drug-likeness (QED) is 0.862. The van der Waals surface area contributed by atoms with Crippen LogP contribution >= 0.6 is 11.6 Å². The number of alkyl halides is 3. The van der Waals surface area contributed by atoms with E-state index in [-0.39, 0.29) is 17.4 Å². The Labute approximate surface area is 102 Å². The van der Waals surface area contributed by atoms with E-state index in [9.17, 15) is 13.2 Å². The van der Waals surface area contributed by atoms with Crippen LogP contribution in [0.2, 0.25) is 5.02 Å². The lowest BCUT2D eigenvalue weighted by atomic mass is 10.4. The van der Waals surface area contributed by atoms with E-state index in [4.69, 9.17) is 11.6 Å². The molecule has 1 aromatic rings. The molecule has 8 heteroatoms. The maximum atomic E-state index is 11.9. The van der Waals surface area contributed by atoms with Crippen LogP contribution in [0, 0.1) is 0 Å². The average Bonchev–Trinajstić information content (AvgIpc) is 2.21. The van der Waals surface area contributed by atoms with Crippen LogP contribution in [0.25, 0.3) is 0 Å². The molecule has 17 heavy (non-hydrogen) atoms. The van der Waals surface area contributed by atoms with Crippen LogP contribution in [-0.2, 0) is 0 Å². The molecule has 0 aliphatic rings. The fourth-order valence-corrected chi connectivity index (χ4v) is 1.21. The fourth-order valence-electron chi connectivity index (χ4n) is 1.06. The van der Waals surface area contributed by atoms with E-state index in [2.05, 4.69) is 20.6 Å². The summed E-state index contributed by atoms with van der Waals surface area (Å²) < 4.78 is 35.8. The molecular weight excluding hydrogens is 257 g/mol. The molecule has 0 fully saturated rings. The number of hydrogen-bond acceptors (Lipinski definition) is 4. The van der Waals surface area contributed by atoms with Crippen LogP contribution in [0.5, 0.6) is 0 Å². The van der Waals surface area contributed by atoms with Crippen molar-refractivity contribution in [3.63, 3.8) is 0 Å². The van der Waals surface area contributed by atoms with Gasteiger partial charge in [-0.05, 0) is 6.92 Å². The van der Waals surface area contributed by atoms with Gasteiger partial charge in [0.05, 0.1) is 12.6 Å². The summed E-state index contributed by atoms with van der Waals surface area (Å²) in [6.07, 6.45) is -3.80. The van der Waals surface area contributed by atoms with Gasteiger partial charge in [-0.25, -0.2) is 4.98 Å². The van der Waals surface area contributed by atoms with Gasteiger partial charge in [-0.1, -0.05) is 11.6 Å². The van der Waals surface area contributed by atoms with Gasteiger partial charge in [0.25, 0.3) is 0 Å². The zero-order valence-electron chi connectivity index (χ0n) is 9.10. The molecule has 0 aliphatic heterocycles. The van der Waals surface area contributed by atoms with E-state index < -0.39 is 12.6 Å². The van der Waals surface area contributed by atoms with Crippen molar-refractivity contribution in [3.8, 4) is 0 Å². The number of rotatable bonds is 5. The molecule has 0 unspecified atom stereocenters. The Balaban J connectivity index is 2.60. The third-order valence-electron chi connectivity index (χ3n) is 1.78. The Bertz CT molecular complexity index is 370. The molecule has 0 atom stereocenters. The van der Waals surface area contributed by atoms with Gasteiger partial charge < -0.3 is 10.6 Å². The number of halogens is 4. The molecule has 1 aromatic heterocycles. The van der Waals surface area contributed by atoms with Crippen molar-refractivity contribution in [2.75, 3.05) is 23.7 Å². The summed E-state index contributed by atoms with van der Waals surface area (Å²) in [6.45, 7) is 2.20. The van der Waals surface area contributed by atoms with Crippen molar-refractivity contribution in [1.82, 2.24) is 9.97 Å². The minimum absolute atomic E-state index is 0.189. The molecule has 0 bridgehead atoms. The van der Waals surface area contributed by atoms with Gasteiger partial charge in [0, 0.05) is 13.1 Å². The van der Waals surface area contributed by atoms with E-state index in [1.807, 2.05) is 6.92 Å². The van der Waals surface area contributed by atoms with Crippen LogP contribution in [-0.4, -0.2) is 29.2 Å². The number of hydrogen-bond donors (Lipinski definition) is 2. The highest BCUT2D eigenvalue weighted by atomic mass is 35.5. The molecule has 2 N–H and O–H groups in total. The van der Waals surface area contributed by atoms with Gasteiger partial charge in [0.15, 0.2) is 0 Å². The van der Waals surface area contributed by atoms with Gasteiger partial charge in [0.1, 0.15) is 10.8 Å². The predicted octanol–water partition coefficient (Wildman–Crippen LogP) is 2.93. The lowest BCUT2D eigenvalue weighted by molar-refractivity contribution is -0.131. The second kappa shape index (κ2) is 5.90. The highest BCUT2D eigenvalue weighted by Gasteiger charge is 2.26. The molecule has 0 spiro atoms. The average molecular weight is 269 g/mol. The molecule has 1 heterocycles. The summed E-state index contributed by atoms with van der Waals surface area (Å²) in [5.74, 6) is 0.522. The molecule has 1 rings (SSSR count). The predicted molar refractivity (Wildman–Crippen MR) is 60.4 cm³/mol. The maximum Gasteiger partial charge on any atom is 0.390 e. The largest absolute Gasteiger partial charge is 0.390 e. The minimum Gasteiger partial charge on any atom is -0.368 e. The molecule has 0 aromatic carbocycles. The highest BCUT2D eigenvalue weighted by Crippen LogP contribution is 2.22. The van der Waals surface area contributed by atoms with Crippen LogP contribution in [0.3, 0.4) is 0 Å². The summed E-state index contributed by atoms with van der Waals surface area (Å²) in [7, 11) is 0. The number of anilines is 2. The molecule has 0 saturated heterocycles. The summed E-state index contributed by atoms with van der Waals surface area (Å²) in [4.78, 5) is 7.82. The first-order chi connectivity index (χ1) is 7.92. The topological polar surface area (TPSA) is 49.8 Å². The van der Waals surface area contributed by atoms with Gasteiger partial charge in [-0.2, -0.15) is 18.2 Å². The standard InChI is InChI=1S/C9H12ClF3N4/c1-2-14-8-16-5-6(10)7(17-8)15-4-3-9(11,12)13/h5H,2-4H2,1H3,(H2,14,15,16,17). The molecule has 96 valence electrons. The first kappa shape index (κ1) is 13.8. The van der Waals surface area contributed by atoms with Crippen LogP contribution in [0.4, 0.5) is 24.9 Å². The minimum atomic E-state index is -4.20. The Morgan fingerprint density at radius 1 is 1.35 bits per heavy atom. The Morgan fingerprint density at radius 3 is 2.65 bits per heavy atom. The highest BCUT2D eigenvalue weighted by molar-refractivity contribution is 6.32. The Kier molecular flexibility index (Phi) is 4.80. The Morgan fingerprint density at radius 2 is 2.06 bits per heavy atom. The monoisotopic (exact) mass is 268 g/mol. The maximum absolute atomic E-state index is 11.9. The van der Waals surface area contributed by atoms with E-state index in [0.717, 1.165) is 0 Å². The zero-order chi connectivity index (χ0) is 12.9. The molecule has 0 saturated carbocycles. The van der Waals surface area contributed by atoms with Gasteiger partial charge in [0.2, 0.25) is 5.95 Å². The van der Waals surface area contributed by atoms with Crippen molar-refractivity contribution in [2.45, 2.75) is 19.5 Å². The second-order valence-corrected chi connectivity index (χ2v) is 3.62. The zero-order valence-corrected chi connectivity index (χ0v) is 9.86. The van der Waals surface area contributed by atoms with Gasteiger partial charge in [-0.15, -0.1) is 0 Å². The number of aromatic nitrogens is 2. The van der Waals surface area contributed by atoms with Crippen LogP contribution < -0.4 is 10.6 Å². The lowest BCUT2D eigenvalue weighted by Crippen LogP contribution is -2.15. The van der Waals surface area contributed by atoms with Crippen molar-refractivity contribution < 1.29 is 13.2 Å². The second-order valence-electron chi connectivity index (χ2n) is 3.21. The van der Waals surface area contributed by atoms with Crippen molar-refractivity contribution in [3.05, 3.63) is 11.2 Å². The molecule has 0 amide bonds. The van der Waals surface area contributed by atoms with E-state index >= 15 is 0 Å². The first-order valence-corrected chi connectivity index (χ1v) is 5.37. The van der Waals surface area contributed by atoms with Crippen molar-refractivity contribution in [2.24, 2.45) is 0 Å². The van der Waals surface area contributed by atoms with Crippen molar-refractivity contribution in [1.29, 1.82) is 0 Å². The summed E-state index contributed by atoms with van der Waals surface area (Å²) >= 11 is 5.75. The normalized spacial score (nSPS) is 11.4. The summed E-state index contributed by atoms with van der Waals surface area (Å²) in [6, 6.07) is 0. The third kappa shape index (κ3) is 5.08. The fraction of sp³-hybridized carbons (Fsp3) is 0.556. The van der Waals surface area contributed by atoms with Crippen LogP contribution in [0.15, 0.2) is 6.20 Å². The molecular formula is C9H12ClF3N4. The van der Waals surface area contributed by atoms with E-state index in [1.54, 1.807) is 0 Å². The Hall–Kier alpha value is -1.24. The van der Waals surface area contributed by atoms with Crippen LogP contribution in [0.1, 0.15) is 13.3 Å². The van der Waals surface area contributed by atoms with Gasteiger partial charge in [-0.3, -0.25) is 0 Å². The summed E-state index contributed by atoms with van der Waals surface area (Å²) in [5, 5.41) is 5.55. The number of nitrogens with zero attached hydrogens (tertiary/aromatic N) is 2. The molecule has 4 nitrogen and oxygen atoms in total. The van der Waals surface area contributed by atoms with Crippen molar-refractivity contribution >= 4 is 23.4 Å².